The maximum Gasteiger partial charge on any atom is 0.261 e. The third-order valence-corrected chi connectivity index (χ3v) is 2.24. The quantitative estimate of drug-likeness (QED) is 0.839. The van der Waals surface area contributed by atoms with Gasteiger partial charge in [0.15, 0.2) is 5.82 Å². The third kappa shape index (κ3) is 2.59. The lowest BCUT2D eigenvalue weighted by Crippen LogP contribution is -2.12. The molecule has 0 aliphatic heterocycles. The fourth-order valence-electron chi connectivity index (χ4n) is 1.39. The molecule has 6 heteroatoms. The molecule has 0 saturated heterocycles. The maximum atomic E-state index is 5.18. The van der Waals surface area contributed by atoms with Gasteiger partial charge in [-0.3, -0.25) is 4.98 Å². The summed E-state index contributed by atoms with van der Waals surface area (Å²) in [6.45, 7) is 3.47. The minimum absolute atomic E-state index is 0.442. The number of rotatable bonds is 5. The van der Waals surface area contributed by atoms with Gasteiger partial charge >= 0.3 is 0 Å². The van der Waals surface area contributed by atoms with E-state index in [1.54, 1.807) is 25.6 Å². The Bertz CT molecular complexity index is 484. The van der Waals surface area contributed by atoms with Crippen molar-refractivity contribution in [2.45, 2.75) is 13.5 Å². The number of hydrogen-bond donors (Lipinski definition) is 1. The van der Waals surface area contributed by atoms with E-state index in [0.717, 1.165) is 12.1 Å². The van der Waals surface area contributed by atoms with E-state index < -0.39 is 0 Å². The summed E-state index contributed by atoms with van der Waals surface area (Å²) >= 11 is 0. The molecule has 0 aliphatic rings. The minimum Gasteiger partial charge on any atom is -0.494 e. The summed E-state index contributed by atoms with van der Waals surface area (Å²) in [5.41, 5.74) is 0.748. The van der Waals surface area contributed by atoms with E-state index in [9.17, 15) is 0 Å². The number of ether oxygens (including phenoxy) is 1. The van der Waals surface area contributed by atoms with Crippen LogP contribution in [0.3, 0.4) is 0 Å². The molecular weight excluding hydrogens is 220 g/mol. The van der Waals surface area contributed by atoms with E-state index >= 15 is 0 Å². The number of pyridine rings is 1. The first-order chi connectivity index (χ1) is 8.35. The van der Waals surface area contributed by atoms with Gasteiger partial charge in [-0.1, -0.05) is 12.1 Å². The Balaban J connectivity index is 2.24. The number of methoxy groups -OCH3 is 1. The molecule has 0 radical (unpaired) electrons. The van der Waals surface area contributed by atoms with Crippen molar-refractivity contribution < 1.29 is 9.26 Å². The van der Waals surface area contributed by atoms with Crippen molar-refractivity contribution in [3.63, 3.8) is 0 Å². The molecule has 6 nitrogen and oxygen atoms in total. The SMILES string of the molecule is CCNCc1noc(-c2ccncc2OC)n1. The van der Waals surface area contributed by atoms with Crippen LogP contribution in [0.4, 0.5) is 0 Å². The van der Waals surface area contributed by atoms with Crippen LogP contribution in [0.15, 0.2) is 23.0 Å². The molecule has 0 aliphatic carbocycles. The standard InChI is InChI=1S/C11H14N4O2/c1-3-12-7-10-14-11(17-15-10)8-4-5-13-6-9(8)16-2/h4-6,12H,3,7H2,1-2H3. The van der Waals surface area contributed by atoms with Crippen LogP contribution in [-0.4, -0.2) is 28.8 Å². The highest BCUT2D eigenvalue weighted by Gasteiger charge is 2.13. The summed E-state index contributed by atoms with van der Waals surface area (Å²) < 4.78 is 10.4. The Morgan fingerprint density at radius 1 is 1.47 bits per heavy atom. The second kappa shape index (κ2) is 5.40. The molecule has 17 heavy (non-hydrogen) atoms. The van der Waals surface area contributed by atoms with E-state index in [1.165, 1.54) is 0 Å². The lowest BCUT2D eigenvalue weighted by molar-refractivity contribution is 0.400. The predicted molar refractivity (Wildman–Crippen MR) is 61.5 cm³/mol. The summed E-state index contributed by atoms with van der Waals surface area (Å²) in [7, 11) is 1.58. The largest absolute Gasteiger partial charge is 0.494 e. The Morgan fingerprint density at radius 2 is 2.35 bits per heavy atom. The van der Waals surface area contributed by atoms with Gasteiger partial charge in [-0.15, -0.1) is 0 Å². The van der Waals surface area contributed by atoms with Gasteiger partial charge in [0.25, 0.3) is 5.89 Å². The van der Waals surface area contributed by atoms with Gasteiger partial charge in [0, 0.05) is 6.20 Å². The highest BCUT2D eigenvalue weighted by molar-refractivity contribution is 5.61. The Morgan fingerprint density at radius 3 is 3.12 bits per heavy atom. The zero-order valence-electron chi connectivity index (χ0n) is 9.80. The minimum atomic E-state index is 0.442. The van der Waals surface area contributed by atoms with Crippen molar-refractivity contribution in [1.82, 2.24) is 20.4 Å². The Hall–Kier alpha value is -1.95. The van der Waals surface area contributed by atoms with Gasteiger partial charge in [0.1, 0.15) is 5.75 Å². The number of aromatic nitrogens is 3. The van der Waals surface area contributed by atoms with E-state index in [1.807, 2.05) is 6.92 Å². The van der Waals surface area contributed by atoms with Crippen LogP contribution in [0.2, 0.25) is 0 Å². The Kier molecular flexibility index (Phi) is 3.66. The summed E-state index contributed by atoms with van der Waals surface area (Å²) in [4.78, 5) is 8.25. The molecule has 0 spiro atoms. The van der Waals surface area contributed by atoms with Crippen LogP contribution in [0.25, 0.3) is 11.5 Å². The fourth-order valence-corrected chi connectivity index (χ4v) is 1.39. The number of nitrogens with one attached hydrogen (secondary N) is 1. The number of nitrogens with zero attached hydrogens (tertiary/aromatic N) is 3. The molecule has 2 heterocycles. The van der Waals surface area contributed by atoms with Crippen molar-refractivity contribution in [1.29, 1.82) is 0 Å². The topological polar surface area (TPSA) is 73.1 Å². The van der Waals surface area contributed by atoms with Crippen LogP contribution in [-0.2, 0) is 6.54 Å². The molecule has 2 aromatic heterocycles. The number of hydrogen-bond acceptors (Lipinski definition) is 6. The van der Waals surface area contributed by atoms with Crippen molar-refractivity contribution in [3.05, 3.63) is 24.3 Å². The van der Waals surface area contributed by atoms with Crippen molar-refractivity contribution in [2.75, 3.05) is 13.7 Å². The van der Waals surface area contributed by atoms with Gasteiger partial charge < -0.3 is 14.6 Å². The lowest BCUT2D eigenvalue weighted by atomic mass is 10.2. The lowest BCUT2D eigenvalue weighted by Gasteiger charge is -2.02. The molecule has 2 aromatic rings. The monoisotopic (exact) mass is 234 g/mol. The first kappa shape index (κ1) is 11.5. The highest BCUT2D eigenvalue weighted by Crippen LogP contribution is 2.26. The van der Waals surface area contributed by atoms with Gasteiger partial charge in [-0.25, -0.2) is 0 Å². The van der Waals surface area contributed by atoms with E-state index in [2.05, 4.69) is 20.4 Å². The Labute approximate surface area is 99.0 Å². The molecule has 0 atom stereocenters. The van der Waals surface area contributed by atoms with E-state index in [4.69, 9.17) is 9.26 Å². The molecule has 90 valence electrons. The predicted octanol–water partition coefficient (Wildman–Crippen LogP) is 1.25. The second-order valence-corrected chi connectivity index (χ2v) is 3.37. The third-order valence-electron chi connectivity index (χ3n) is 2.24. The van der Waals surface area contributed by atoms with Gasteiger partial charge in [-0.2, -0.15) is 4.98 Å². The van der Waals surface area contributed by atoms with Crippen LogP contribution in [0.1, 0.15) is 12.7 Å². The van der Waals surface area contributed by atoms with E-state index in [0.29, 0.717) is 24.0 Å². The van der Waals surface area contributed by atoms with Crippen molar-refractivity contribution >= 4 is 0 Å². The van der Waals surface area contributed by atoms with Crippen LogP contribution < -0.4 is 10.1 Å². The molecule has 0 aromatic carbocycles. The summed E-state index contributed by atoms with van der Waals surface area (Å²) in [6.07, 6.45) is 3.27. The maximum absolute atomic E-state index is 5.18. The molecule has 0 fully saturated rings. The summed E-state index contributed by atoms with van der Waals surface area (Å²) in [6, 6.07) is 1.78. The smallest absolute Gasteiger partial charge is 0.261 e. The first-order valence-electron chi connectivity index (χ1n) is 5.36. The van der Waals surface area contributed by atoms with Crippen molar-refractivity contribution in [2.24, 2.45) is 0 Å². The molecular formula is C11H14N4O2. The van der Waals surface area contributed by atoms with Gasteiger partial charge in [0.05, 0.1) is 25.4 Å². The van der Waals surface area contributed by atoms with E-state index in [-0.39, 0.29) is 0 Å². The van der Waals surface area contributed by atoms with Gasteiger partial charge in [-0.05, 0) is 12.6 Å². The molecule has 0 amide bonds. The fraction of sp³-hybridized carbons (Fsp3) is 0.364. The summed E-state index contributed by atoms with van der Waals surface area (Å²) in [5.74, 6) is 1.68. The normalized spacial score (nSPS) is 10.5. The molecule has 2 rings (SSSR count). The second-order valence-electron chi connectivity index (χ2n) is 3.37. The van der Waals surface area contributed by atoms with Crippen molar-refractivity contribution in [3.8, 4) is 17.2 Å². The highest BCUT2D eigenvalue weighted by atomic mass is 16.5. The molecule has 1 N–H and O–H groups in total. The van der Waals surface area contributed by atoms with Crippen LogP contribution >= 0.6 is 0 Å². The molecule has 0 bridgehead atoms. The van der Waals surface area contributed by atoms with Crippen LogP contribution in [0.5, 0.6) is 5.75 Å². The zero-order valence-corrected chi connectivity index (χ0v) is 9.80. The average molecular weight is 234 g/mol. The molecule has 0 unspecified atom stereocenters. The first-order valence-corrected chi connectivity index (χ1v) is 5.36. The summed E-state index contributed by atoms with van der Waals surface area (Å²) in [5, 5.41) is 7.01. The van der Waals surface area contributed by atoms with Gasteiger partial charge in [0.2, 0.25) is 0 Å². The zero-order chi connectivity index (χ0) is 12.1. The van der Waals surface area contributed by atoms with Crippen LogP contribution in [0, 0.1) is 0 Å². The molecule has 0 saturated carbocycles. The average Bonchev–Trinajstić information content (AvgIpc) is 2.85.